The molecule has 2 heterocycles. The molecule has 23 heavy (non-hydrogen) atoms. The number of anilines is 1. The van der Waals surface area contributed by atoms with Crippen LogP contribution in [0.4, 0.5) is 5.95 Å². The molecule has 0 bridgehead atoms. The lowest BCUT2D eigenvalue weighted by Gasteiger charge is -2.33. The van der Waals surface area contributed by atoms with E-state index in [1.807, 2.05) is 35.2 Å². The molecule has 8 heteroatoms. The molecular weight excluding hydrogens is 336 g/mol. The van der Waals surface area contributed by atoms with Crippen LogP contribution in [0, 0.1) is 0 Å². The highest BCUT2D eigenvalue weighted by atomic mass is 35.5. The topological polar surface area (TPSA) is 66.4 Å². The van der Waals surface area contributed by atoms with Crippen molar-refractivity contribution in [1.82, 2.24) is 14.3 Å². The number of piperazine rings is 1. The fourth-order valence-corrected chi connectivity index (χ4v) is 4.12. The lowest BCUT2D eigenvalue weighted by atomic mass is 10.2. The SMILES string of the molecule is O=S(=O)(Cc1ccccc1)N1CCN(c2ncc(Cl)cn2)CC1. The van der Waals surface area contributed by atoms with Gasteiger partial charge in [-0.25, -0.2) is 18.4 Å². The zero-order valence-electron chi connectivity index (χ0n) is 12.5. The van der Waals surface area contributed by atoms with E-state index in [2.05, 4.69) is 9.97 Å². The number of rotatable bonds is 4. The van der Waals surface area contributed by atoms with Gasteiger partial charge in [-0.3, -0.25) is 0 Å². The molecule has 3 rings (SSSR count). The van der Waals surface area contributed by atoms with E-state index in [0.29, 0.717) is 37.1 Å². The third-order valence-corrected chi connectivity index (χ3v) is 5.76. The van der Waals surface area contributed by atoms with Crippen LogP contribution in [-0.4, -0.2) is 48.9 Å². The van der Waals surface area contributed by atoms with Crippen LogP contribution in [0.15, 0.2) is 42.7 Å². The number of benzene rings is 1. The molecule has 1 aliphatic rings. The molecule has 1 saturated heterocycles. The molecule has 1 aliphatic heterocycles. The Morgan fingerprint density at radius 1 is 1.00 bits per heavy atom. The Morgan fingerprint density at radius 2 is 1.61 bits per heavy atom. The summed E-state index contributed by atoms with van der Waals surface area (Å²) in [6.07, 6.45) is 3.09. The third kappa shape index (κ3) is 3.99. The number of nitrogens with zero attached hydrogens (tertiary/aromatic N) is 4. The van der Waals surface area contributed by atoms with Crippen LogP contribution in [-0.2, 0) is 15.8 Å². The van der Waals surface area contributed by atoms with Gasteiger partial charge in [-0.05, 0) is 5.56 Å². The maximum absolute atomic E-state index is 12.5. The van der Waals surface area contributed by atoms with Crippen molar-refractivity contribution in [2.75, 3.05) is 31.1 Å². The van der Waals surface area contributed by atoms with Gasteiger partial charge in [0.25, 0.3) is 0 Å². The summed E-state index contributed by atoms with van der Waals surface area (Å²) in [5.74, 6) is 0.611. The summed E-state index contributed by atoms with van der Waals surface area (Å²) in [5.41, 5.74) is 0.802. The zero-order chi connectivity index (χ0) is 16.3. The van der Waals surface area contributed by atoms with Gasteiger partial charge < -0.3 is 4.90 Å². The van der Waals surface area contributed by atoms with Gasteiger partial charge in [0.05, 0.1) is 23.2 Å². The van der Waals surface area contributed by atoms with Gasteiger partial charge in [-0.15, -0.1) is 0 Å². The lowest BCUT2D eigenvalue weighted by molar-refractivity contribution is 0.382. The van der Waals surface area contributed by atoms with E-state index in [-0.39, 0.29) is 5.75 Å². The van der Waals surface area contributed by atoms with Gasteiger partial charge >= 0.3 is 0 Å². The van der Waals surface area contributed by atoms with Crippen LogP contribution in [0.25, 0.3) is 0 Å². The first-order chi connectivity index (χ1) is 11.0. The molecule has 2 aromatic rings. The average Bonchev–Trinajstić information content (AvgIpc) is 2.56. The van der Waals surface area contributed by atoms with Crippen LogP contribution >= 0.6 is 11.6 Å². The van der Waals surface area contributed by atoms with Gasteiger partial charge in [0.15, 0.2) is 0 Å². The van der Waals surface area contributed by atoms with Crippen LogP contribution in [0.3, 0.4) is 0 Å². The lowest BCUT2D eigenvalue weighted by Crippen LogP contribution is -2.49. The summed E-state index contributed by atoms with van der Waals surface area (Å²) in [7, 11) is -3.30. The summed E-state index contributed by atoms with van der Waals surface area (Å²) in [6.45, 7) is 1.99. The first kappa shape index (κ1) is 16.2. The number of hydrogen-bond acceptors (Lipinski definition) is 5. The van der Waals surface area contributed by atoms with Gasteiger partial charge in [-0.1, -0.05) is 41.9 Å². The van der Waals surface area contributed by atoms with Crippen LogP contribution in [0.2, 0.25) is 5.02 Å². The summed E-state index contributed by atoms with van der Waals surface area (Å²) >= 11 is 5.78. The summed E-state index contributed by atoms with van der Waals surface area (Å²) < 4.78 is 26.5. The van der Waals surface area contributed by atoms with E-state index in [1.165, 1.54) is 4.31 Å². The van der Waals surface area contributed by atoms with E-state index < -0.39 is 10.0 Å². The predicted octanol–water partition coefficient (Wildman–Crippen LogP) is 1.78. The first-order valence-corrected chi connectivity index (χ1v) is 9.27. The normalized spacial score (nSPS) is 16.5. The Labute approximate surface area is 140 Å². The van der Waals surface area contributed by atoms with E-state index in [4.69, 9.17) is 11.6 Å². The van der Waals surface area contributed by atoms with Crippen molar-refractivity contribution in [2.24, 2.45) is 0 Å². The molecule has 0 atom stereocenters. The molecule has 1 fully saturated rings. The monoisotopic (exact) mass is 352 g/mol. The molecule has 122 valence electrons. The fraction of sp³-hybridized carbons (Fsp3) is 0.333. The molecule has 0 aliphatic carbocycles. The van der Waals surface area contributed by atoms with Crippen molar-refractivity contribution in [1.29, 1.82) is 0 Å². The first-order valence-electron chi connectivity index (χ1n) is 7.29. The van der Waals surface area contributed by atoms with Crippen molar-refractivity contribution < 1.29 is 8.42 Å². The number of sulfonamides is 1. The smallest absolute Gasteiger partial charge is 0.225 e. The van der Waals surface area contributed by atoms with Crippen molar-refractivity contribution in [3.8, 4) is 0 Å². The van der Waals surface area contributed by atoms with Gasteiger partial charge in [0.2, 0.25) is 16.0 Å². The number of aromatic nitrogens is 2. The highest BCUT2D eigenvalue weighted by Crippen LogP contribution is 2.17. The van der Waals surface area contributed by atoms with Crippen molar-refractivity contribution in [3.05, 3.63) is 53.3 Å². The van der Waals surface area contributed by atoms with E-state index in [1.54, 1.807) is 12.4 Å². The van der Waals surface area contributed by atoms with Crippen LogP contribution < -0.4 is 4.90 Å². The summed E-state index contributed by atoms with van der Waals surface area (Å²) in [5, 5.41) is 0.484. The molecule has 0 amide bonds. The minimum absolute atomic E-state index is 0.0330. The zero-order valence-corrected chi connectivity index (χ0v) is 14.0. The molecule has 1 aromatic heterocycles. The summed E-state index contributed by atoms with van der Waals surface area (Å²) in [6, 6.07) is 9.23. The van der Waals surface area contributed by atoms with Gasteiger partial charge in [0.1, 0.15) is 0 Å². The minimum atomic E-state index is -3.30. The fourth-order valence-electron chi connectivity index (χ4n) is 2.51. The van der Waals surface area contributed by atoms with Crippen LogP contribution in [0.5, 0.6) is 0 Å². The highest BCUT2D eigenvalue weighted by molar-refractivity contribution is 7.88. The maximum atomic E-state index is 12.5. The van der Waals surface area contributed by atoms with Crippen molar-refractivity contribution in [3.63, 3.8) is 0 Å². The number of hydrogen-bond donors (Lipinski definition) is 0. The van der Waals surface area contributed by atoms with E-state index in [9.17, 15) is 8.42 Å². The molecule has 0 radical (unpaired) electrons. The Balaban J connectivity index is 1.63. The second-order valence-corrected chi connectivity index (χ2v) is 7.73. The molecule has 0 N–H and O–H groups in total. The number of halogens is 1. The Kier molecular flexibility index (Phi) is 4.79. The van der Waals surface area contributed by atoms with E-state index in [0.717, 1.165) is 5.56 Å². The van der Waals surface area contributed by atoms with E-state index >= 15 is 0 Å². The maximum Gasteiger partial charge on any atom is 0.225 e. The molecule has 1 aromatic carbocycles. The third-order valence-electron chi connectivity index (χ3n) is 3.71. The minimum Gasteiger partial charge on any atom is -0.338 e. The highest BCUT2D eigenvalue weighted by Gasteiger charge is 2.27. The molecule has 6 nitrogen and oxygen atoms in total. The second-order valence-electron chi connectivity index (χ2n) is 5.33. The average molecular weight is 353 g/mol. The Bertz CT molecular complexity index is 745. The largest absolute Gasteiger partial charge is 0.338 e. The van der Waals surface area contributed by atoms with Crippen LogP contribution in [0.1, 0.15) is 5.56 Å². The molecule has 0 unspecified atom stereocenters. The Hall–Kier alpha value is -1.70. The summed E-state index contributed by atoms with van der Waals surface area (Å²) in [4.78, 5) is 10.3. The predicted molar refractivity (Wildman–Crippen MR) is 89.9 cm³/mol. The van der Waals surface area contributed by atoms with Gasteiger partial charge in [0, 0.05) is 26.2 Å². The second kappa shape index (κ2) is 6.82. The van der Waals surface area contributed by atoms with Crippen molar-refractivity contribution >= 4 is 27.6 Å². The quantitative estimate of drug-likeness (QED) is 0.839. The van der Waals surface area contributed by atoms with Crippen molar-refractivity contribution in [2.45, 2.75) is 5.75 Å². The molecular formula is C15H17ClN4O2S. The standard InChI is InChI=1S/C15H17ClN4O2S/c16-14-10-17-15(18-11-14)19-6-8-20(9-7-19)23(21,22)12-13-4-2-1-3-5-13/h1-5,10-11H,6-9,12H2. The molecule has 0 saturated carbocycles. The molecule has 0 spiro atoms. The van der Waals surface area contributed by atoms with Gasteiger partial charge in [-0.2, -0.15) is 4.31 Å². The Morgan fingerprint density at radius 3 is 2.22 bits per heavy atom.